The maximum Gasteiger partial charge on any atom is 0.269 e. The number of alkyl halides is 1. The molecular formula is C30H36ClFN6O3. The van der Waals surface area contributed by atoms with Crippen LogP contribution in [-0.4, -0.2) is 57.8 Å². The van der Waals surface area contributed by atoms with Gasteiger partial charge in [0.1, 0.15) is 11.3 Å². The average Bonchev–Trinajstić information content (AvgIpc) is 3.19. The molecule has 3 N–H and O–H groups in total. The Kier molecular flexibility index (Phi) is 14.0. The van der Waals surface area contributed by atoms with E-state index < -0.39 is 12.1 Å². The van der Waals surface area contributed by atoms with Gasteiger partial charge in [0.25, 0.3) is 11.8 Å². The highest BCUT2D eigenvalue weighted by molar-refractivity contribution is 6.72. The third-order valence-electron chi connectivity index (χ3n) is 5.70. The Bertz CT molecular complexity index is 1420. The lowest BCUT2D eigenvalue weighted by Crippen LogP contribution is -2.32. The van der Waals surface area contributed by atoms with E-state index in [2.05, 4.69) is 27.8 Å². The number of aromatic nitrogens is 2. The number of rotatable bonds is 5. The Hall–Kier alpha value is -4.49. The summed E-state index contributed by atoms with van der Waals surface area (Å²) < 4.78 is 15.2. The Balaban J connectivity index is 0.000000504. The van der Waals surface area contributed by atoms with Gasteiger partial charge in [-0.2, -0.15) is 5.10 Å². The minimum Gasteiger partial charge on any atom is -0.364 e. The minimum atomic E-state index is -1.19. The van der Waals surface area contributed by atoms with Crippen molar-refractivity contribution in [1.82, 2.24) is 20.0 Å². The van der Waals surface area contributed by atoms with E-state index in [1.54, 1.807) is 54.8 Å². The molecule has 1 aliphatic carbocycles. The number of hydrogen-bond acceptors (Lipinski definition) is 5. The summed E-state index contributed by atoms with van der Waals surface area (Å²) in [6.07, 6.45) is 16.5. The summed E-state index contributed by atoms with van der Waals surface area (Å²) in [5.74, 6) is 1.21. The van der Waals surface area contributed by atoms with Gasteiger partial charge in [-0.05, 0) is 63.6 Å². The average molecular weight is 583 g/mol. The number of amides is 3. The summed E-state index contributed by atoms with van der Waals surface area (Å²) in [6, 6.07) is 0. The van der Waals surface area contributed by atoms with Crippen molar-refractivity contribution in [1.29, 1.82) is 0 Å². The third kappa shape index (κ3) is 8.75. The van der Waals surface area contributed by atoms with Gasteiger partial charge < -0.3 is 16.0 Å². The molecule has 0 radical (unpaired) electrons. The molecule has 0 spiro atoms. The topological polar surface area (TPSA) is 123 Å². The first-order chi connectivity index (χ1) is 19.4. The van der Waals surface area contributed by atoms with Crippen molar-refractivity contribution in [3.05, 3.63) is 76.8 Å². The van der Waals surface area contributed by atoms with Crippen LogP contribution in [-0.2, 0) is 16.1 Å². The zero-order chi connectivity index (χ0) is 31.3. The molecule has 11 heteroatoms. The standard InChI is InChI=1S/C20H21FN4O2.C7H11ClN2O.C3H4/c1-4-6-17-12(2)19-16(11-24(17)13(3)26)18(20(22)27)23-25(19)15-8-5-7-14(21)9-10-15;1-4-5(6(8)9-2)7(11)10-3;1-3-2/h4-10,14H,11H2,1-3H3,(H2,22,27);4H,1-3H3,(H,10,11);1H,2H3/b6-4-;5-4+,9-6?;. The summed E-state index contributed by atoms with van der Waals surface area (Å²) in [6.45, 7) is 8.78. The first-order valence-corrected chi connectivity index (χ1v) is 12.9. The van der Waals surface area contributed by atoms with E-state index >= 15 is 0 Å². The summed E-state index contributed by atoms with van der Waals surface area (Å²) in [5, 5.41) is 7.08. The molecule has 2 heterocycles. The van der Waals surface area contributed by atoms with Gasteiger partial charge in [-0.25, -0.2) is 9.07 Å². The zero-order valence-corrected chi connectivity index (χ0v) is 25.1. The van der Waals surface area contributed by atoms with Crippen LogP contribution in [0, 0.1) is 12.3 Å². The lowest BCUT2D eigenvalue weighted by atomic mass is 9.98. The number of hydrogen-bond donors (Lipinski definition) is 2. The molecule has 0 fully saturated rings. The molecule has 2 aliphatic rings. The number of carbonyl (C=O) groups excluding carboxylic acids is 3. The van der Waals surface area contributed by atoms with E-state index in [-0.39, 0.29) is 29.2 Å². The zero-order valence-electron chi connectivity index (χ0n) is 24.3. The van der Waals surface area contributed by atoms with Crippen LogP contribution in [0.3, 0.4) is 0 Å². The predicted octanol–water partition coefficient (Wildman–Crippen LogP) is 4.54. The first-order valence-electron chi connectivity index (χ1n) is 12.6. The summed E-state index contributed by atoms with van der Waals surface area (Å²) in [4.78, 5) is 40.4. The van der Waals surface area contributed by atoms with Gasteiger partial charge in [0.05, 0.1) is 23.5 Å². The molecule has 1 aromatic heterocycles. The van der Waals surface area contributed by atoms with Crippen molar-refractivity contribution >= 4 is 45.8 Å². The normalized spacial score (nSPS) is 16.4. The Morgan fingerprint density at radius 2 is 1.95 bits per heavy atom. The molecule has 0 saturated heterocycles. The number of allylic oxidation sites excluding steroid dienone is 10. The molecule has 218 valence electrons. The van der Waals surface area contributed by atoms with Crippen LogP contribution < -0.4 is 11.1 Å². The van der Waals surface area contributed by atoms with Crippen molar-refractivity contribution < 1.29 is 18.8 Å². The largest absolute Gasteiger partial charge is 0.364 e. The van der Waals surface area contributed by atoms with Gasteiger partial charge >= 0.3 is 0 Å². The second-order valence-corrected chi connectivity index (χ2v) is 8.79. The van der Waals surface area contributed by atoms with Gasteiger partial charge in [-0.3, -0.25) is 19.4 Å². The highest BCUT2D eigenvalue weighted by Crippen LogP contribution is 2.36. The quantitative estimate of drug-likeness (QED) is 0.300. The minimum absolute atomic E-state index is 0.106. The number of nitrogens with one attached hydrogen (secondary N) is 1. The van der Waals surface area contributed by atoms with E-state index in [0.29, 0.717) is 22.5 Å². The summed E-state index contributed by atoms with van der Waals surface area (Å²) in [7, 11) is 3.08. The van der Waals surface area contributed by atoms with Crippen LogP contribution in [0.2, 0.25) is 0 Å². The lowest BCUT2D eigenvalue weighted by Gasteiger charge is -2.29. The van der Waals surface area contributed by atoms with E-state index in [0.717, 1.165) is 11.3 Å². The fraction of sp³-hybridized carbons (Fsp3) is 0.300. The SMILES string of the molecule is C#CC.C/C=C(/C(=O)NC)C(Cl)=NC.C/C=C\C1=C(C)c2c(c(C(N)=O)nn2C2=CC=CC(F)C=C2)CN1C(C)=O. The molecule has 0 aromatic carbocycles. The van der Waals surface area contributed by atoms with Crippen LogP contribution in [0.4, 0.5) is 4.39 Å². The summed E-state index contributed by atoms with van der Waals surface area (Å²) >= 11 is 5.63. The number of carbonyl (C=O) groups is 3. The van der Waals surface area contributed by atoms with Crippen LogP contribution in [0.5, 0.6) is 0 Å². The van der Waals surface area contributed by atoms with E-state index in [1.165, 1.54) is 26.1 Å². The van der Waals surface area contributed by atoms with Crippen molar-refractivity contribution in [2.75, 3.05) is 14.1 Å². The van der Waals surface area contributed by atoms with E-state index in [1.807, 2.05) is 26.0 Å². The maximum atomic E-state index is 13.6. The molecule has 3 rings (SSSR count). The molecule has 9 nitrogen and oxygen atoms in total. The Labute approximate surface area is 245 Å². The number of halogens is 2. The highest BCUT2D eigenvalue weighted by Gasteiger charge is 2.32. The maximum absolute atomic E-state index is 13.6. The molecule has 0 bridgehead atoms. The molecule has 3 amide bonds. The van der Waals surface area contributed by atoms with E-state index in [4.69, 9.17) is 17.3 Å². The molecule has 41 heavy (non-hydrogen) atoms. The van der Waals surface area contributed by atoms with Crippen LogP contribution in [0.25, 0.3) is 11.3 Å². The molecule has 1 aliphatic heterocycles. The van der Waals surface area contributed by atoms with Gasteiger partial charge in [-0.1, -0.05) is 29.8 Å². The third-order valence-corrected chi connectivity index (χ3v) is 6.08. The van der Waals surface area contributed by atoms with Crippen LogP contribution >= 0.6 is 11.6 Å². The van der Waals surface area contributed by atoms with Crippen molar-refractivity contribution in [2.24, 2.45) is 10.7 Å². The molecule has 1 atom stereocenters. The second-order valence-electron chi connectivity index (χ2n) is 8.43. The molecular weight excluding hydrogens is 547 g/mol. The number of nitrogens with zero attached hydrogens (tertiary/aromatic N) is 4. The van der Waals surface area contributed by atoms with E-state index in [9.17, 15) is 18.8 Å². The second kappa shape index (κ2) is 16.6. The van der Waals surface area contributed by atoms with Crippen molar-refractivity contribution in [3.8, 4) is 12.3 Å². The predicted molar refractivity (Wildman–Crippen MR) is 163 cm³/mol. The van der Waals surface area contributed by atoms with Gasteiger partial charge in [0.2, 0.25) is 5.91 Å². The number of terminal acetylenes is 1. The van der Waals surface area contributed by atoms with Gasteiger partial charge in [-0.15, -0.1) is 12.3 Å². The number of fused-ring (bicyclic) bond motifs is 1. The number of primary amides is 1. The van der Waals surface area contributed by atoms with Crippen LogP contribution in [0.1, 0.15) is 56.4 Å². The summed E-state index contributed by atoms with van der Waals surface area (Å²) in [5.41, 5.74) is 9.43. The first kappa shape index (κ1) is 34.5. The monoisotopic (exact) mass is 582 g/mol. The van der Waals surface area contributed by atoms with Crippen molar-refractivity contribution in [2.45, 2.75) is 47.3 Å². The number of aliphatic imine (C=N–C) groups is 1. The number of nitrogens with two attached hydrogens (primary N) is 1. The molecule has 1 unspecified atom stereocenters. The Morgan fingerprint density at radius 3 is 2.44 bits per heavy atom. The van der Waals surface area contributed by atoms with Gasteiger partial charge in [0.15, 0.2) is 5.69 Å². The molecule has 1 aromatic rings. The van der Waals surface area contributed by atoms with Gasteiger partial charge in [0, 0.05) is 32.3 Å². The van der Waals surface area contributed by atoms with Crippen LogP contribution in [0.15, 0.2) is 64.9 Å². The highest BCUT2D eigenvalue weighted by atomic mass is 35.5. The number of likely N-dealkylation sites (N-methyl/N-ethyl adjacent to an activating group) is 1. The molecule has 0 saturated carbocycles. The Morgan fingerprint density at radius 1 is 1.32 bits per heavy atom. The lowest BCUT2D eigenvalue weighted by molar-refractivity contribution is -0.127. The fourth-order valence-electron chi connectivity index (χ4n) is 3.90. The smallest absolute Gasteiger partial charge is 0.269 e. The van der Waals surface area contributed by atoms with Crippen molar-refractivity contribution in [3.63, 3.8) is 0 Å². The fourth-order valence-corrected chi connectivity index (χ4v) is 4.10.